The molecule has 1 atom stereocenters. The van der Waals surface area contributed by atoms with Gasteiger partial charge < -0.3 is 5.11 Å². The number of hydrogen-bond donors (Lipinski definition) is 1. The fourth-order valence-corrected chi connectivity index (χ4v) is 0.946. The molecule has 0 spiro atoms. The number of nitrogens with zero attached hydrogens (tertiary/aromatic N) is 3. The Bertz CT molecular complexity index is 280. The SMILES string of the molecule is C.[N-]=[N+]=N[C@H](CO)c1ccccc1. The average molecular weight is 179 g/mol. The van der Waals surface area contributed by atoms with Gasteiger partial charge in [0.15, 0.2) is 0 Å². The maximum absolute atomic E-state index is 8.85. The highest BCUT2D eigenvalue weighted by atomic mass is 16.3. The Morgan fingerprint density at radius 3 is 2.46 bits per heavy atom. The van der Waals surface area contributed by atoms with Crippen LogP contribution in [0.15, 0.2) is 35.4 Å². The van der Waals surface area contributed by atoms with Crippen molar-refractivity contribution in [3.63, 3.8) is 0 Å². The van der Waals surface area contributed by atoms with Crippen LogP contribution >= 0.6 is 0 Å². The van der Waals surface area contributed by atoms with Gasteiger partial charge in [-0.15, -0.1) is 0 Å². The molecular formula is C9H13N3O. The molecule has 1 N–H and O–H groups in total. The van der Waals surface area contributed by atoms with Gasteiger partial charge in [-0.1, -0.05) is 42.9 Å². The first-order chi connectivity index (χ1) is 5.88. The van der Waals surface area contributed by atoms with E-state index in [2.05, 4.69) is 10.0 Å². The van der Waals surface area contributed by atoms with Gasteiger partial charge in [-0.2, -0.15) is 0 Å². The lowest BCUT2D eigenvalue weighted by atomic mass is 10.1. The lowest BCUT2D eigenvalue weighted by Crippen LogP contribution is -1.98. The maximum Gasteiger partial charge on any atom is 0.0856 e. The summed E-state index contributed by atoms with van der Waals surface area (Å²) >= 11 is 0. The van der Waals surface area contributed by atoms with Crippen LogP contribution < -0.4 is 0 Å². The van der Waals surface area contributed by atoms with Gasteiger partial charge in [0.1, 0.15) is 0 Å². The van der Waals surface area contributed by atoms with Gasteiger partial charge >= 0.3 is 0 Å². The number of azide groups is 1. The van der Waals surface area contributed by atoms with E-state index in [4.69, 9.17) is 10.6 Å². The van der Waals surface area contributed by atoms with Crippen LogP contribution in [0.3, 0.4) is 0 Å². The number of rotatable bonds is 3. The molecular weight excluding hydrogens is 166 g/mol. The standard InChI is InChI=1S/C8H9N3O.CH4/c9-11-10-8(6-12)7-4-2-1-3-5-7;/h1-5,8,12H,6H2;1H4/t8-;/m1./s1. The van der Waals surface area contributed by atoms with E-state index in [0.29, 0.717) is 0 Å². The first-order valence-corrected chi connectivity index (χ1v) is 3.58. The zero-order valence-corrected chi connectivity index (χ0v) is 6.46. The average Bonchev–Trinajstić information content (AvgIpc) is 2.15. The minimum absolute atomic E-state index is 0. The Balaban J connectivity index is 0.00000144. The highest BCUT2D eigenvalue weighted by Crippen LogP contribution is 2.15. The largest absolute Gasteiger partial charge is 0.396 e. The monoisotopic (exact) mass is 179 g/mol. The summed E-state index contributed by atoms with van der Waals surface area (Å²) < 4.78 is 0. The van der Waals surface area contributed by atoms with Crippen molar-refractivity contribution in [1.29, 1.82) is 0 Å². The molecule has 0 aromatic heterocycles. The molecule has 0 bridgehead atoms. The summed E-state index contributed by atoms with van der Waals surface area (Å²) in [5, 5.41) is 12.3. The molecule has 0 aliphatic rings. The number of hydrogen-bond acceptors (Lipinski definition) is 2. The van der Waals surface area contributed by atoms with E-state index in [0.717, 1.165) is 5.56 Å². The van der Waals surface area contributed by atoms with E-state index in [1.807, 2.05) is 30.3 Å². The van der Waals surface area contributed by atoms with Crippen molar-refractivity contribution in [2.24, 2.45) is 5.11 Å². The summed E-state index contributed by atoms with van der Waals surface area (Å²) in [5.74, 6) is 0. The van der Waals surface area contributed by atoms with Gasteiger partial charge in [-0.05, 0) is 11.1 Å². The van der Waals surface area contributed by atoms with Crippen LogP contribution in [0, 0.1) is 0 Å². The fraction of sp³-hybridized carbons (Fsp3) is 0.333. The second-order valence-electron chi connectivity index (χ2n) is 2.31. The van der Waals surface area contributed by atoms with Gasteiger partial charge in [0.05, 0.1) is 12.6 Å². The second-order valence-corrected chi connectivity index (χ2v) is 2.31. The highest BCUT2D eigenvalue weighted by molar-refractivity contribution is 5.18. The first-order valence-electron chi connectivity index (χ1n) is 3.58. The molecule has 0 saturated carbocycles. The molecule has 4 heteroatoms. The van der Waals surface area contributed by atoms with E-state index in [-0.39, 0.29) is 14.0 Å². The van der Waals surface area contributed by atoms with Crippen molar-refractivity contribution in [3.8, 4) is 0 Å². The Labute approximate surface area is 77.5 Å². The normalized spacial score (nSPS) is 10.8. The third-order valence-corrected chi connectivity index (χ3v) is 1.55. The predicted molar refractivity (Wildman–Crippen MR) is 52.1 cm³/mol. The maximum atomic E-state index is 8.85. The van der Waals surface area contributed by atoms with E-state index >= 15 is 0 Å². The van der Waals surface area contributed by atoms with Gasteiger partial charge in [0.2, 0.25) is 0 Å². The van der Waals surface area contributed by atoms with Gasteiger partial charge in [-0.25, -0.2) is 0 Å². The first kappa shape index (κ1) is 11.5. The Morgan fingerprint density at radius 1 is 1.38 bits per heavy atom. The van der Waals surface area contributed by atoms with Crippen molar-refractivity contribution in [2.75, 3.05) is 6.61 Å². The predicted octanol–water partition coefficient (Wildman–Crippen LogP) is 2.67. The molecule has 1 aromatic carbocycles. The Kier molecular flexibility index (Phi) is 5.35. The van der Waals surface area contributed by atoms with Gasteiger partial charge in [0.25, 0.3) is 0 Å². The zero-order valence-electron chi connectivity index (χ0n) is 6.46. The topological polar surface area (TPSA) is 69.0 Å². The van der Waals surface area contributed by atoms with Crippen molar-refractivity contribution >= 4 is 0 Å². The van der Waals surface area contributed by atoms with Crippen LogP contribution in [-0.4, -0.2) is 11.7 Å². The lowest BCUT2D eigenvalue weighted by Gasteiger charge is -2.05. The molecule has 0 saturated heterocycles. The van der Waals surface area contributed by atoms with E-state index < -0.39 is 6.04 Å². The van der Waals surface area contributed by atoms with E-state index in [1.165, 1.54) is 0 Å². The molecule has 0 aliphatic heterocycles. The third kappa shape index (κ3) is 3.15. The molecule has 0 heterocycles. The summed E-state index contributed by atoms with van der Waals surface area (Å²) in [6.07, 6.45) is 0. The zero-order chi connectivity index (χ0) is 8.81. The van der Waals surface area contributed by atoms with E-state index in [9.17, 15) is 0 Å². The minimum Gasteiger partial charge on any atom is -0.396 e. The smallest absolute Gasteiger partial charge is 0.0856 e. The van der Waals surface area contributed by atoms with Crippen LogP contribution in [0.25, 0.3) is 10.4 Å². The third-order valence-electron chi connectivity index (χ3n) is 1.55. The molecule has 13 heavy (non-hydrogen) atoms. The second kappa shape index (κ2) is 6.06. The van der Waals surface area contributed by atoms with Crippen molar-refractivity contribution in [1.82, 2.24) is 0 Å². The summed E-state index contributed by atoms with van der Waals surface area (Å²) in [6.45, 7) is -0.159. The molecule has 0 unspecified atom stereocenters. The van der Waals surface area contributed by atoms with Crippen LogP contribution in [0.2, 0.25) is 0 Å². The van der Waals surface area contributed by atoms with Crippen LogP contribution in [0.1, 0.15) is 19.0 Å². The Hall–Kier alpha value is -1.51. The van der Waals surface area contributed by atoms with Crippen LogP contribution in [0.4, 0.5) is 0 Å². The van der Waals surface area contributed by atoms with Crippen LogP contribution in [-0.2, 0) is 0 Å². The lowest BCUT2D eigenvalue weighted by molar-refractivity contribution is 0.268. The van der Waals surface area contributed by atoms with Gasteiger partial charge in [0, 0.05) is 4.91 Å². The summed E-state index contributed by atoms with van der Waals surface area (Å²) in [5.41, 5.74) is 9.01. The summed E-state index contributed by atoms with van der Waals surface area (Å²) in [7, 11) is 0. The molecule has 1 rings (SSSR count). The molecule has 0 aliphatic carbocycles. The van der Waals surface area contributed by atoms with Crippen molar-refractivity contribution in [3.05, 3.63) is 46.3 Å². The molecule has 1 aromatic rings. The van der Waals surface area contributed by atoms with E-state index in [1.54, 1.807) is 0 Å². The minimum atomic E-state index is -0.462. The quantitative estimate of drug-likeness (QED) is 0.432. The Morgan fingerprint density at radius 2 is 2.00 bits per heavy atom. The fourth-order valence-electron chi connectivity index (χ4n) is 0.946. The molecule has 0 fully saturated rings. The molecule has 0 radical (unpaired) electrons. The summed E-state index contributed by atoms with van der Waals surface area (Å²) in [6, 6.07) is 8.71. The molecule has 4 nitrogen and oxygen atoms in total. The van der Waals surface area contributed by atoms with Gasteiger partial charge in [-0.3, -0.25) is 0 Å². The summed E-state index contributed by atoms with van der Waals surface area (Å²) in [4.78, 5) is 2.65. The number of aliphatic hydroxyl groups is 1. The highest BCUT2D eigenvalue weighted by Gasteiger charge is 2.05. The van der Waals surface area contributed by atoms with Crippen molar-refractivity contribution < 1.29 is 5.11 Å². The van der Waals surface area contributed by atoms with Crippen molar-refractivity contribution in [2.45, 2.75) is 13.5 Å². The number of aliphatic hydroxyl groups excluding tert-OH is 1. The van der Waals surface area contributed by atoms with Crippen LogP contribution in [0.5, 0.6) is 0 Å². The molecule has 70 valence electrons. The molecule has 0 amide bonds. The number of benzene rings is 1.